The second-order valence-electron chi connectivity index (χ2n) is 8.23. The Labute approximate surface area is 220 Å². The predicted molar refractivity (Wildman–Crippen MR) is 140 cm³/mol. The molecule has 192 valence electrons. The second-order valence-corrected chi connectivity index (χ2v) is 10.6. The van der Waals surface area contributed by atoms with Gasteiger partial charge in [-0.15, -0.1) is 10.2 Å². The van der Waals surface area contributed by atoms with Crippen LogP contribution in [0.1, 0.15) is 26.5 Å². The summed E-state index contributed by atoms with van der Waals surface area (Å²) in [7, 11) is -3.37. The summed E-state index contributed by atoms with van der Waals surface area (Å²) >= 11 is 6.11. The maximum Gasteiger partial charge on any atom is 0.336 e. The lowest BCUT2D eigenvalue weighted by atomic mass is 9.99. The minimum atomic E-state index is -3.37. The third-order valence-corrected chi connectivity index (χ3v) is 6.99. The lowest BCUT2D eigenvalue weighted by Gasteiger charge is -2.10. The van der Waals surface area contributed by atoms with Crippen LogP contribution >= 0.6 is 11.6 Å². The zero-order valence-corrected chi connectivity index (χ0v) is 21.1. The van der Waals surface area contributed by atoms with Crippen molar-refractivity contribution in [3.8, 4) is 0 Å². The molecule has 1 amide bonds. The maximum atomic E-state index is 13.1. The number of H-pyrrole nitrogens is 1. The van der Waals surface area contributed by atoms with Crippen molar-refractivity contribution in [3.63, 3.8) is 0 Å². The van der Waals surface area contributed by atoms with Crippen LogP contribution in [0.25, 0.3) is 21.8 Å². The molecule has 12 nitrogen and oxygen atoms in total. The van der Waals surface area contributed by atoms with Gasteiger partial charge in [-0.3, -0.25) is 4.79 Å². The number of rotatable bonds is 7. The van der Waals surface area contributed by atoms with Crippen molar-refractivity contribution < 1.29 is 23.1 Å². The minimum absolute atomic E-state index is 0.0491. The van der Waals surface area contributed by atoms with Gasteiger partial charge in [-0.1, -0.05) is 35.9 Å². The molecule has 0 aliphatic heterocycles. The predicted octanol–water partition coefficient (Wildman–Crippen LogP) is 3.52. The van der Waals surface area contributed by atoms with Gasteiger partial charge >= 0.3 is 5.97 Å². The summed E-state index contributed by atoms with van der Waals surface area (Å²) in [6, 6.07) is 14.0. The number of fused-ring (bicyclic) bond motifs is 2. The molecule has 3 aromatic carbocycles. The number of aromatic carboxylic acids is 1. The van der Waals surface area contributed by atoms with Gasteiger partial charge in [0.05, 0.1) is 28.0 Å². The third-order valence-electron chi connectivity index (χ3n) is 5.62. The molecule has 38 heavy (non-hydrogen) atoms. The van der Waals surface area contributed by atoms with Gasteiger partial charge in [-0.05, 0) is 41.1 Å². The fourth-order valence-corrected chi connectivity index (χ4v) is 4.62. The summed E-state index contributed by atoms with van der Waals surface area (Å²) in [6.07, 6.45) is 1.12. The molecular formula is C24H18ClN7O5S. The molecule has 0 bridgehead atoms. The summed E-state index contributed by atoms with van der Waals surface area (Å²) in [4.78, 5) is 36.5. The summed E-state index contributed by atoms with van der Waals surface area (Å²) < 4.78 is 23.6. The monoisotopic (exact) mass is 551 g/mol. The molecule has 5 rings (SSSR count). The fraction of sp³-hybridized carbons (Fsp3) is 0.0833. The first-order chi connectivity index (χ1) is 18.1. The van der Waals surface area contributed by atoms with Crippen molar-refractivity contribution in [1.82, 2.24) is 25.1 Å². The number of benzene rings is 3. The first kappa shape index (κ1) is 25.0. The molecule has 0 spiro atoms. The molecule has 5 aromatic rings. The van der Waals surface area contributed by atoms with Crippen LogP contribution in [-0.4, -0.2) is 56.8 Å². The second kappa shape index (κ2) is 9.68. The van der Waals surface area contributed by atoms with Crippen LogP contribution in [-0.2, 0) is 16.4 Å². The Balaban J connectivity index is 1.35. The number of carbonyl (C=O) groups excluding carboxylic acids is 1. The number of halogens is 1. The Hall–Kier alpha value is -4.62. The zero-order valence-electron chi connectivity index (χ0n) is 19.6. The quantitative estimate of drug-likeness (QED) is 0.233. The van der Waals surface area contributed by atoms with E-state index in [4.69, 9.17) is 11.6 Å². The normalized spacial score (nSPS) is 11.5. The summed E-state index contributed by atoms with van der Waals surface area (Å²) in [5.41, 5.74) is 1.43. The lowest BCUT2D eigenvalue weighted by molar-refractivity contribution is 0.0698. The van der Waals surface area contributed by atoms with Crippen molar-refractivity contribution in [2.24, 2.45) is 0 Å². The molecule has 4 N–H and O–H groups in total. The number of hydrogen-bond acceptors (Lipinski definition) is 9. The number of carboxylic acids is 1. The molecule has 0 aliphatic rings. The number of anilines is 2. The summed E-state index contributed by atoms with van der Waals surface area (Å²) in [5.74, 6) is -1.19. The van der Waals surface area contributed by atoms with E-state index >= 15 is 0 Å². The van der Waals surface area contributed by atoms with E-state index in [1.54, 1.807) is 36.4 Å². The van der Waals surface area contributed by atoms with Gasteiger partial charge in [0.15, 0.2) is 20.8 Å². The Morgan fingerprint density at radius 1 is 1.00 bits per heavy atom. The molecule has 0 aliphatic carbocycles. The highest BCUT2D eigenvalue weighted by Gasteiger charge is 2.17. The van der Waals surface area contributed by atoms with E-state index in [0.29, 0.717) is 27.6 Å². The van der Waals surface area contributed by atoms with Gasteiger partial charge in [-0.25, -0.2) is 18.2 Å². The average Bonchev–Trinajstić information content (AvgIpc) is 3.30. The Bertz CT molecular complexity index is 1860. The number of carbonyl (C=O) groups is 2. The van der Waals surface area contributed by atoms with Crippen LogP contribution in [0.3, 0.4) is 0 Å². The average molecular weight is 552 g/mol. The van der Waals surface area contributed by atoms with Crippen molar-refractivity contribution in [1.29, 1.82) is 0 Å². The van der Waals surface area contributed by atoms with Crippen LogP contribution in [0, 0.1) is 0 Å². The number of amides is 1. The van der Waals surface area contributed by atoms with E-state index in [0.717, 1.165) is 6.26 Å². The van der Waals surface area contributed by atoms with E-state index in [2.05, 4.69) is 35.8 Å². The van der Waals surface area contributed by atoms with Crippen LogP contribution < -0.4 is 10.6 Å². The van der Waals surface area contributed by atoms with Gasteiger partial charge in [-0.2, -0.15) is 4.98 Å². The highest BCUT2D eigenvalue weighted by atomic mass is 35.5. The van der Waals surface area contributed by atoms with Crippen molar-refractivity contribution in [2.75, 3.05) is 16.9 Å². The van der Waals surface area contributed by atoms with Gasteiger partial charge in [0.2, 0.25) is 5.95 Å². The van der Waals surface area contributed by atoms with Crippen LogP contribution in [0.5, 0.6) is 0 Å². The number of aromatic nitrogens is 5. The Morgan fingerprint density at radius 2 is 1.71 bits per heavy atom. The SMILES string of the molecule is CS(=O)(=O)c1ccc2[nH]c(CNc3nnc(Cl)c(NC(=O)c4cccc5c(C(=O)O)cccc45)n3)nc2c1. The smallest absolute Gasteiger partial charge is 0.336 e. The van der Waals surface area contributed by atoms with Crippen LogP contribution in [0.15, 0.2) is 59.5 Å². The number of nitrogens with zero attached hydrogens (tertiary/aromatic N) is 4. The van der Waals surface area contributed by atoms with E-state index in [1.165, 1.54) is 18.2 Å². The zero-order chi connectivity index (χ0) is 27.0. The number of sulfone groups is 1. The molecule has 0 unspecified atom stereocenters. The maximum absolute atomic E-state index is 13.1. The number of hydrogen-bond donors (Lipinski definition) is 4. The van der Waals surface area contributed by atoms with Gasteiger partial charge in [0, 0.05) is 11.8 Å². The first-order valence-electron chi connectivity index (χ1n) is 11.0. The highest BCUT2D eigenvalue weighted by Crippen LogP contribution is 2.25. The third kappa shape index (κ3) is 4.96. The van der Waals surface area contributed by atoms with Crippen LogP contribution in [0.4, 0.5) is 11.8 Å². The number of nitrogens with one attached hydrogen (secondary N) is 3. The number of aromatic amines is 1. The standard InChI is InChI=1S/C24H18ClN7O5S/c1-38(36,37)12-8-9-17-18(10-12)28-19(27-17)11-26-24-30-21(20(25)31-32-24)29-22(33)15-6-2-5-14-13(15)4-3-7-16(14)23(34)35/h2-10H,11H2,1H3,(H,27,28)(H,34,35)(H2,26,29,30,32,33). The molecule has 2 heterocycles. The molecule has 0 saturated heterocycles. The minimum Gasteiger partial charge on any atom is -0.478 e. The summed E-state index contributed by atoms with van der Waals surface area (Å²) in [5, 5.41) is 23.4. The Morgan fingerprint density at radius 3 is 2.42 bits per heavy atom. The van der Waals surface area contributed by atoms with Crippen LogP contribution in [0.2, 0.25) is 5.15 Å². The van der Waals surface area contributed by atoms with Crippen molar-refractivity contribution >= 4 is 66.9 Å². The topological polar surface area (TPSA) is 180 Å². The molecule has 2 aromatic heterocycles. The molecule has 0 saturated carbocycles. The Kier molecular flexibility index (Phi) is 6.38. The molecule has 0 atom stereocenters. The van der Waals surface area contributed by atoms with Gasteiger partial charge < -0.3 is 20.7 Å². The largest absolute Gasteiger partial charge is 0.478 e. The molecule has 0 fully saturated rings. The first-order valence-corrected chi connectivity index (χ1v) is 13.3. The van der Waals surface area contributed by atoms with Gasteiger partial charge in [0.1, 0.15) is 5.82 Å². The summed E-state index contributed by atoms with van der Waals surface area (Å²) in [6.45, 7) is 0.140. The van der Waals surface area contributed by atoms with Gasteiger partial charge in [0.25, 0.3) is 5.91 Å². The lowest BCUT2D eigenvalue weighted by Crippen LogP contribution is -2.16. The van der Waals surface area contributed by atoms with E-state index < -0.39 is 21.7 Å². The number of carboxylic acid groups (broad SMARTS) is 1. The molecule has 0 radical (unpaired) electrons. The van der Waals surface area contributed by atoms with E-state index in [1.807, 2.05) is 0 Å². The molecule has 14 heteroatoms. The molecular weight excluding hydrogens is 534 g/mol. The number of imidazole rings is 1. The van der Waals surface area contributed by atoms with Crippen molar-refractivity contribution in [2.45, 2.75) is 11.4 Å². The van der Waals surface area contributed by atoms with Crippen molar-refractivity contribution in [3.05, 3.63) is 76.7 Å². The highest BCUT2D eigenvalue weighted by molar-refractivity contribution is 7.90. The van der Waals surface area contributed by atoms with E-state index in [9.17, 15) is 23.1 Å². The fourth-order valence-electron chi connectivity index (χ4n) is 3.85. The van der Waals surface area contributed by atoms with E-state index in [-0.39, 0.29) is 39.5 Å².